The average Bonchev–Trinajstić information content (AvgIpc) is 2.18. The van der Waals surface area contributed by atoms with Gasteiger partial charge in [0.1, 0.15) is 0 Å². The zero-order valence-corrected chi connectivity index (χ0v) is 9.55. The van der Waals surface area contributed by atoms with Crippen LogP contribution in [-0.2, 0) is 0 Å². The summed E-state index contributed by atoms with van der Waals surface area (Å²) in [5.41, 5.74) is 0. The third kappa shape index (κ3) is 2.89. The van der Waals surface area contributed by atoms with Gasteiger partial charge in [0.25, 0.3) is 0 Å². The van der Waals surface area contributed by atoms with Crippen LogP contribution in [0.4, 0.5) is 4.79 Å². The smallest absolute Gasteiger partial charge is 0.317 e. The number of piperidine rings is 1. The first kappa shape index (κ1) is 11.3. The lowest BCUT2D eigenvalue weighted by Gasteiger charge is -2.34. The summed E-state index contributed by atoms with van der Waals surface area (Å²) >= 11 is 0. The van der Waals surface area contributed by atoms with Gasteiger partial charge in [0, 0.05) is 19.6 Å². The number of urea groups is 1. The summed E-state index contributed by atoms with van der Waals surface area (Å²) in [6, 6.07) is 0.109. The first-order valence-corrected chi connectivity index (χ1v) is 5.68. The van der Waals surface area contributed by atoms with E-state index in [9.17, 15) is 4.79 Å². The van der Waals surface area contributed by atoms with Gasteiger partial charge in [-0.2, -0.15) is 0 Å². The number of likely N-dealkylation sites (tertiary alicyclic amines) is 1. The van der Waals surface area contributed by atoms with E-state index in [1.165, 1.54) is 6.42 Å². The quantitative estimate of drug-likeness (QED) is 0.724. The minimum atomic E-state index is 0.109. The molecule has 1 aliphatic heterocycles. The lowest BCUT2D eigenvalue weighted by Crippen LogP contribution is -2.46. The highest BCUT2D eigenvalue weighted by Crippen LogP contribution is 2.23. The fraction of sp³-hybridized carbons (Fsp3) is 0.909. The van der Waals surface area contributed by atoms with Crippen molar-refractivity contribution in [2.45, 2.75) is 33.6 Å². The zero-order chi connectivity index (χ0) is 10.6. The lowest BCUT2D eigenvalue weighted by atomic mass is 9.88. The number of hydrogen-bond donors (Lipinski definition) is 1. The predicted octanol–water partition coefficient (Wildman–Crippen LogP) is 2.08. The number of nitrogens with zero attached hydrogens (tertiary/aromatic N) is 1. The van der Waals surface area contributed by atoms with Crippen LogP contribution in [0, 0.1) is 11.8 Å². The van der Waals surface area contributed by atoms with Crippen LogP contribution < -0.4 is 5.32 Å². The number of hydrogen-bond acceptors (Lipinski definition) is 1. The van der Waals surface area contributed by atoms with E-state index in [4.69, 9.17) is 0 Å². The first-order valence-electron chi connectivity index (χ1n) is 5.68. The van der Waals surface area contributed by atoms with Gasteiger partial charge in [0.2, 0.25) is 0 Å². The maximum Gasteiger partial charge on any atom is 0.317 e. The van der Waals surface area contributed by atoms with Crippen molar-refractivity contribution in [1.29, 1.82) is 0 Å². The third-order valence-corrected chi connectivity index (χ3v) is 3.02. The molecular weight excluding hydrogens is 176 g/mol. The van der Waals surface area contributed by atoms with E-state index in [1.807, 2.05) is 11.8 Å². The summed E-state index contributed by atoms with van der Waals surface area (Å²) in [6.45, 7) is 9.03. The second-order valence-electron chi connectivity index (χ2n) is 4.43. The molecular formula is C11H22N2O. The molecule has 1 heterocycles. The third-order valence-electron chi connectivity index (χ3n) is 3.02. The van der Waals surface area contributed by atoms with Crippen LogP contribution in [0.5, 0.6) is 0 Å². The molecule has 1 unspecified atom stereocenters. The highest BCUT2D eigenvalue weighted by Gasteiger charge is 2.24. The monoisotopic (exact) mass is 198 g/mol. The van der Waals surface area contributed by atoms with E-state index in [-0.39, 0.29) is 6.03 Å². The van der Waals surface area contributed by atoms with Gasteiger partial charge in [-0.15, -0.1) is 0 Å². The van der Waals surface area contributed by atoms with Gasteiger partial charge in [0.15, 0.2) is 0 Å². The van der Waals surface area contributed by atoms with Crippen molar-refractivity contribution in [2.75, 3.05) is 19.6 Å². The molecule has 0 bridgehead atoms. The van der Waals surface area contributed by atoms with Crippen LogP contribution in [0.15, 0.2) is 0 Å². The molecule has 0 spiro atoms. The van der Waals surface area contributed by atoms with Crippen molar-refractivity contribution in [2.24, 2.45) is 11.8 Å². The highest BCUT2D eigenvalue weighted by molar-refractivity contribution is 5.74. The van der Waals surface area contributed by atoms with Gasteiger partial charge in [0.05, 0.1) is 0 Å². The van der Waals surface area contributed by atoms with E-state index in [1.54, 1.807) is 0 Å². The Labute approximate surface area is 86.9 Å². The Bertz CT molecular complexity index is 192. The maximum absolute atomic E-state index is 11.6. The first-order chi connectivity index (χ1) is 6.65. The van der Waals surface area contributed by atoms with Gasteiger partial charge >= 0.3 is 6.03 Å². The topological polar surface area (TPSA) is 32.3 Å². The Hall–Kier alpha value is -0.730. The van der Waals surface area contributed by atoms with Gasteiger partial charge < -0.3 is 10.2 Å². The summed E-state index contributed by atoms with van der Waals surface area (Å²) in [5, 5.41) is 2.86. The molecule has 1 aliphatic rings. The van der Waals surface area contributed by atoms with Gasteiger partial charge in [-0.1, -0.05) is 13.8 Å². The highest BCUT2D eigenvalue weighted by atomic mass is 16.2. The Morgan fingerprint density at radius 1 is 1.57 bits per heavy atom. The fourth-order valence-electron chi connectivity index (χ4n) is 2.00. The van der Waals surface area contributed by atoms with E-state index < -0.39 is 0 Å². The molecule has 3 nitrogen and oxygen atoms in total. The van der Waals surface area contributed by atoms with Crippen LogP contribution in [0.3, 0.4) is 0 Å². The van der Waals surface area contributed by atoms with Gasteiger partial charge in [-0.05, 0) is 31.6 Å². The van der Waals surface area contributed by atoms with Gasteiger partial charge in [-0.3, -0.25) is 0 Å². The number of rotatable bonds is 2. The molecule has 1 fully saturated rings. The van der Waals surface area contributed by atoms with Crippen molar-refractivity contribution >= 4 is 6.03 Å². The largest absolute Gasteiger partial charge is 0.338 e. The second kappa shape index (κ2) is 5.23. The van der Waals surface area contributed by atoms with Crippen LogP contribution in [0.1, 0.15) is 33.6 Å². The molecule has 1 atom stereocenters. The molecule has 0 saturated carbocycles. The summed E-state index contributed by atoms with van der Waals surface area (Å²) in [7, 11) is 0. The van der Waals surface area contributed by atoms with Gasteiger partial charge in [-0.25, -0.2) is 4.79 Å². The van der Waals surface area contributed by atoms with Crippen LogP contribution in [-0.4, -0.2) is 30.6 Å². The van der Waals surface area contributed by atoms with Crippen LogP contribution in [0.2, 0.25) is 0 Å². The Morgan fingerprint density at radius 2 is 2.29 bits per heavy atom. The molecule has 1 saturated heterocycles. The number of carbonyl (C=O) groups excluding carboxylic acids is 1. The number of carbonyl (C=O) groups is 1. The predicted molar refractivity (Wildman–Crippen MR) is 58.2 cm³/mol. The molecule has 0 radical (unpaired) electrons. The minimum Gasteiger partial charge on any atom is -0.338 e. The Balaban J connectivity index is 2.43. The summed E-state index contributed by atoms with van der Waals surface area (Å²) in [6.07, 6.45) is 2.42. The normalized spacial score (nSPS) is 22.6. The van der Waals surface area contributed by atoms with E-state index in [0.29, 0.717) is 11.8 Å². The fourth-order valence-corrected chi connectivity index (χ4v) is 2.00. The molecule has 3 heteroatoms. The Morgan fingerprint density at radius 3 is 2.86 bits per heavy atom. The SMILES string of the molecule is CCNC(=O)N1CCCC(C(C)C)C1. The van der Waals surface area contributed by atoms with Crippen molar-refractivity contribution in [3.8, 4) is 0 Å². The molecule has 1 N–H and O–H groups in total. The standard InChI is InChI=1S/C11H22N2O/c1-4-12-11(14)13-7-5-6-10(8-13)9(2)3/h9-10H,4-8H2,1-3H3,(H,12,14). The molecule has 82 valence electrons. The molecule has 0 aromatic carbocycles. The molecule has 0 aromatic rings. The number of nitrogens with one attached hydrogen (secondary N) is 1. The molecule has 1 rings (SSSR count). The second-order valence-corrected chi connectivity index (χ2v) is 4.43. The zero-order valence-electron chi connectivity index (χ0n) is 9.55. The summed E-state index contributed by atoms with van der Waals surface area (Å²) < 4.78 is 0. The minimum absolute atomic E-state index is 0.109. The average molecular weight is 198 g/mol. The van der Waals surface area contributed by atoms with Crippen molar-refractivity contribution < 1.29 is 4.79 Å². The van der Waals surface area contributed by atoms with E-state index in [2.05, 4.69) is 19.2 Å². The van der Waals surface area contributed by atoms with Crippen LogP contribution >= 0.6 is 0 Å². The summed E-state index contributed by atoms with van der Waals surface area (Å²) in [4.78, 5) is 13.5. The van der Waals surface area contributed by atoms with E-state index >= 15 is 0 Å². The van der Waals surface area contributed by atoms with Crippen molar-refractivity contribution in [3.05, 3.63) is 0 Å². The van der Waals surface area contributed by atoms with Crippen molar-refractivity contribution in [1.82, 2.24) is 10.2 Å². The molecule has 14 heavy (non-hydrogen) atoms. The Kier molecular flexibility index (Phi) is 4.23. The van der Waals surface area contributed by atoms with Crippen molar-refractivity contribution in [3.63, 3.8) is 0 Å². The summed E-state index contributed by atoms with van der Waals surface area (Å²) in [5.74, 6) is 1.37. The lowest BCUT2D eigenvalue weighted by molar-refractivity contribution is 0.149. The maximum atomic E-state index is 11.6. The molecule has 0 aliphatic carbocycles. The van der Waals surface area contributed by atoms with E-state index in [0.717, 1.165) is 26.1 Å². The molecule has 0 aromatic heterocycles. The number of amides is 2. The molecule has 2 amide bonds. The van der Waals surface area contributed by atoms with Crippen LogP contribution in [0.25, 0.3) is 0 Å².